The molecular formula is C24H26N4O2. The fourth-order valence-electron chi connectivity index (χ4n) is 4.53. The number of ether oxygens (including phenoxy) is 2. The summed E-state index contributed by atoms with van der Waals surface area (Å²) in [6, 6.07) is 12.0. The number of benzene rings is 1. The topological polar surface area (TPSA) is 116 Å². The third-order valence-electron chi connectivity index (χ3n) is 6.09. The first-order valence-electron chi connectivity index (χ1n) is 10.3. The predicted octanol–water partition coefficient (Wildman–Crippen LogP) is 4.47. The van der Waals surface area contributed by atoms with E-state index in [0.29, 0.717) is 18.1 Å². The molecule has 0 fully saturated rings. The van der Waals surface area contributed by atoms with E-state index in [1.54, 1.807) is 7.11 Å². The number of methoxy groups -OCH3 is 1. The number of allylic oxidation sites excluding steroid dienone is 3. The highest BCUT2D eigenvalue weighted by Crippen LogP contribution is 2.56. The van der Waals surface area contributed by atoms with Crippen LogP contribution in [0.2, 0.25) is 0 Å². The third-order valence-corrected chi connectivity index (χ3v) is 6.09. The van der Waals surface area contributed by atoms with Gasteiger partial charge in [0.1, 0.15) is 11.5 Å². The highest BCUT2D eigenvalue weighted by atomic mass is 16.5. The summed E-state index contributed by atoms with van der Waals surface area (Å²) in [6.07, 6.45) is 6.38. The largest absolute Gasteiger partial charge is 0.497 e. The van der Waals surface area contributed by atoms with E-state index >= 15 is 0 Å². The zero-order chi connectivity index (χ0) is 21.7. The van der Waals surface area contributed by atoms with Gasteiger partial charge in [-0.1, -0.05) is 25.5 Å². The van der Waals surface area contributed by atoms with E-state index in [4.69, 9.17) is 15.2 Å². The fourth-order valence-corrected chi connectivity index (χ4v) is 4.53. The summed E-state index contributed by atoms with van der Waals surface area (Å²) in [5, 5.41) is 29.8. The molecule has 2 N–H and O–H groups in total. The molecule has 30 heavy (non-hydrogen) atoms. The Hall–Kier alpha value is -3.43. The van der Waals surface area contributed by atoms with Crippen molar-refractivity contribution in [1.29, 1.82) is 15.8 Å². The maximum atomic E-state index is 10.0. The van der Waals surface area contributed by atoms with Crippen molar-refractivity contribution < 1.29 is 9.47 Å². The molecule has 0 unspecified atom stereocenters. The van der Waals surface area contributed by atoms with Gasteiger partial charge >= 0.3 is 0 Å². The summed E-state index contributed by atoms with van der Waals surface area (Å²) in [7, 11) is 1.60. The van der Waals surface area contributed by atoms with Crippen LogP contribution in [0, 0.1) is 45.3 Å². The highest BCUT2D eigenvalue weighted by Gasteiger charge is 2.52. The first-order chi connectivity index (χ1) is 14.6. The quantitative estimate of drug-likeness (QED) is 0.554. The van der Waals surface area contributed by atoms with E-state index in [1.165, 1.54) is 0 Å². The lowest BCUT2D eigenvalue weighted by molar-refractivity contribution is 0.297. The molecule has 0 saturated heterocycles. The van der Waals surface area contributed by atoms with Gasteiger partial charge in [0.05, 0.1) is 43.2 Å². The Kier molecular flexibility index (Phi) is 6.34. The Morgan fingerprint density at radius 1 is 1.23 bits per heavy atom. The van der Waals surface area contributed by atoms with Crippen LogP contribution in [-0.4, -0.2) is 13.7 Å². The summed E-state index contributed by atoms with van der Waals surface area (Å²) in [5.41, 5.74) is 6.66. The molecule has 2 aliphatic carbocycles. The Balaban J connectivity index is 2.23. The smallest absolute Gasteiger partial charge is 0.204 e. The minimum atomic E-state index is -1.58. The van der Waals surface area contributed by atoms with Gasteiger partial charge in [-0.3, -0.25) is 0 Å². The molecule has 154 valence electrons. The monoisotopic (exact) mass is 402 g/mol. The van der Waals surface area contributed by atoms with Crippen LogP contribution in [0.15, 0.2) is 41.1 Å². The lowest BCUT2D eigenvalue weighted by atomic mass is 9.58. The van der Waals surface area contributed by atoms with Crippen LogP contribution < -0.4 is 15.2 Å². The number of rotatable bonds is 6. The van der Waals surface area contributed by atoms with Gasteiger partial charge in [-0.2, -0.15) is 15.8 Å². The average Bonchev–Trinajstić information content (AvgIpc) is 2.79. The molecule has 0 radical (unpaired) electrons. The minimum Gasteiger partial charge on any atom is -0.497 e. The second kappa shape index (κ2) is 8.93. The molecule has 0 aliphatic heterocycles. The van der Waals surface area contributed by atoms with Crippen LogP contribution >= 0.6 is 0 Å². The van der Waals surface area contributed by atoms with E-state index in [9.17, 15) is 15.8 Å². The maximum Gasteiger partial charge on any atom is 0.204 e. The van der Waals surface area contributed by atoms with Gasteiger partial charge < -0.3 is 15.2 Å². The number of nitriles is 3. The van der Waals surface area contributed by atoms with Crippen molar-refractivity contribution in [2.24, 2.45) is 17.1 Å². The fraction of sp³-hybridized carbons (Fsp3) is 0.458. The van der Waals surface area contributed by atoms with Crippen molar-refractivity contribution in [2.45, 2.75) is 44.9 Å². The first kappa shape index (κ1) is 21.3. The molecule has 0 heterocycles. The summed E-state index contributed by atoms with van der Waals surface area (Å²) in [4.78, 5) is 0. The van der Waals surface area contributed by atoms with Crippen LogP contribution in [0.4, 0.5) is 0 Å². The van der Waals surface area contributed by atoms with Crippen molar-refractivity contribution in [3.63, 3.8) is 0 Å². The lowest BCUT2D eigenvalue weighted by Gasteiger charge is -2.42. The highest BCUT2D eigenvalue weighted by molar-refractivity contribution is 5.60. The lowest BCUT2D eigenvalue weighted by Crippen LogP contribution is -2.40. The summed E-state index contributed by atoms with van der Waals surface area (Å²) < 4.78 is 11.5. The van der Waals surface area contributed by atoms with Gasteiger partial charge in [0.2, 0.25) is 5.41 Å². The zero-order valence-electron chi connectivity index (χ0n) is 17.4. The molecule has 0 bridgehead atoms. The van der Waals surface area contributed by atoms with Crippen LogP contribution in [0.1, 0.15) is 50.5 Å². The van der Waals surface area contributed by atoms with Crippen LogP contribution in [0.25, 0.3) is 0 Å². The number of nitrogens with two attached hydrogens (primary N) is 1. The molecule has 0 amide bonds. The Labute approximate surface area is 177 Å². The normalized spacial score (nSPS) is 22.0. The third kappa shape index (κ3) is 3.38. The van der Waals surface area contributed by atoms with Crippen molar-refractivity contribution >= 4 is 0 Å². The van der Waals surface area contributed by atoms with Gasteiger partial charge in [0.15, 0.2) is 0 Å². The molecule has 1 aromatic rings. The van der Waals surface area contributed by atoms with Crippen molar-refractivity contribution in [3.8, 4) is 29.7 Å². The van der Waals surface area contributed by atoms with Crippen molar-refractivity contribution in [3.05, 3.63) is 46.7 Å². The van der Waals surface area contributed by atoms with Gasteiger partial charge in [-0.05, 0) is 43.2 Å². The second-order valence-corrected chi connectivity index (χ2v) is 7.69. The first-order valence-corrected chi connectivity index (χ1v) is 10.3. The predicted molar refractivity (Wildman–Crippen MR) is 112 cm³/mol. The molecule has 0 saturated carbocycles. The zero-order valence-corrected chi connectivity index (χ0v) is 17.4. The number of fused-ring (bicyclic) bond motifs is 1. The molecule has 0 aromatic heterocycles. The summed E-state index contributed by atoms with van der Waals surface area (Å²) in [5.74, 6) is 0.805. The number of hydrogen-bond donors (Lipinski definition) is 1. The van der Waals surface area contributed by atoms with E-state index in [0.717, 1.165) is 43.2 Å². The van der Waals surface area contributed by atoms with Crippen molar-refractivity contribution in [1.82, 2.24) is 0 Å². The molecule has 6 nitrogen and oxygen atoms in total. The van der Waals surface area contributed by atoms with Crippen LogP contribution in [0.3, 0.4) is 0 Å². The maximum absolute atomic E-state index is 10.0. The summed E-state index contributed by atoms with van der Waals surface area (Å²) in [6.45, 7) is 2.65. The second-order valence-electron chi connectivity index (χ2n) is 7.69. The Bertz CT molecular complexity index is 990. The molecular weight excluding hydrogens is 376 g/mol. The molecule has 3 rings (SSSR count). The number of unbranched alkanes of at least 4 members (excludes halogenated alkanes) is 1. The SMILES string of the molecule is CCCCOc1cc(OC)ccc1[C@H]1C(C#N)=C(N)C(C#N)(C#N)C2=CCCC[C@@H]21. The van der Waals surface area contributed by atoms with Crippen LogP contribution in [-0.2, 0) is 0 Å². The van der Waals surface area contributed by atoms with Gasteiger partial charge in [-0.15, -0.1) is 0 Å². The molecule has 0 spiro atoms. The standard InChI is InChI=1S/C24H26N4O2/c1-3-4-11-30-21-12-16(29-2)9-10-18(21)22-17-7-5-6-8-20(17)24(14-26,15-27)23(28)19(22)13-25/h8-10,12,17,22H,3-7,11,28H2,1-2H3/t17-,22-/m0/s1. The van der Waals surface area contributed by atoms with E-state index < -0.39 is 5.41 Å². The minimum absolute atomic E-state index is 0.0414. The van der Waals surface area contributed by atoms with E-state index in [-0.39, 0.29) is 23.1 Å². The average molecular weight is 402 g/mol. The van der Waals surface area contributed by atoms with E-state index in [2.05, 4.69) is 25.1 Å². The van der Waals surface area contributed by atoms with Crippen molar-refractivity contribution in [2.75, 3.05) is 13.7 Å². The Morgan fingerprint density at radius 3 is 2.63 bits per heavy atom. The molecule has 6 heteroatoms. The summed E-state index contributed by atoms with van der Waals surface area (Å²) >= 11 is 0. The van der Waals surface area contributed by atoms with Gasteiger partial charge in [0, 0.05) is 17.5 Å². The van der Waals surface area contributed by atoms with Crippen LogP contribution in [0.5, 0.6) is 11.5 Å². The van der Waals surface area contributed by atoms with Gasteiger partial charge in [0.25, 0.3) is 0 Å². The van der Waals surface area contributed by atoms with Gasteiger partial charge in [-0.25, -0.2) is 0 Å². The molecule has 1 aromatic carbocycles. The Morgan fingerprint density at radius 2 is 2.00 bits per heavy atom. The van der Waals surface area contributed by atoms with E-state index in [1.807, 2.05) is 24.3 Å². The number of nitrogens with zero attached hydrogens (tertiary/aromatic N) is 3. The number of hydrogen-bond acceptors (Lipinski definition) is 6. The molecule has 2 aliphatic rings. The molecule has 2 atom stereocenters.